The number of hydrogen-bond acceptors (Lipinski definition) is 5. The van der Waals surface area contributed by atoms with E-state index in [-0.39, 0.29) is 12.2 Å². The molecule has 0 bridgehead atoms. The molecule has 5 nitrogen and oxygen atoms in total. The summed E-state index contributed by atoms with van der Waals surface area (Å²) in [5, 5.41) is 14.8. The van der Waals surface area contributed by atoms with Crippen molar-refractivity contribution in [1.82, 2.24) is 0 Å². The fourth-order valence-corrected chi connectivity index (χ4v) is 11.3. The number of carbonyl (C=O) groups excluding carboxylic acids is 1. The third-order valence-electron chi connectivity index (χ3n) is 7.83. The molecule has 0 spiro atoms. The molecule has 0 aliphatic rings. The van der Waals surface area contributed by atoms with Crippen molar-refractivity contribution in [3.8, 4) is 0 Å². The van der Waals surface area contributed by atoms with Gasteiger partial charge >= 0.3 is 0 Å². The van der Waals surface area contributed by atoms with E-state index in [9.17, 15) is 14.1 Å². The standard InChI is InChI=1S/C28H36P.C8H18N2O3S/c1-2-3-4-5-6-7-8-18-25-29(26-19-12-9-13-20-26,27-21-14-10-15-22-27)28-23-16-11-17-24-28;1-2-3-5-14(10,13)6-4-7(9)8(11)12/h9-17,19-24H,2-8,18,25H2,1H3;7,10H,2-6,9H2,1H3,(H,11,12)/q+1;/p-1/t;7-,14?/m.0/s1. The van der Waals surface area contributed by atoms with Gasteiger partial charge in [-0.1, -0.05) is 113 Å². The van der Waals surface area contributed by atoms with E-state index in [1.54, 1.807) is 0 Å². The van der Waals surface area contributed by atoms with Crippen molar-refractivity contribution in [3.63, 3.8) is 0 Å². The molecule has 0 radical (unpaired) electrons. The van der Waals surface area contributed by atoms with E-state index in [1.807, 2.05) is 6.92 Å². The Bertz CT molecular complexity index is 1160. The molecule has 0 aliphatic carbocycles. The average Bonchev–Trinajstić information content (AvgIpc) is 3.04. The van der Waals surface area contributed by atoms with Crippen LogP contribution in [0.25, 0.3) is 0 Å². The molecule has 43 heavy (non-hydrogen) atoms. The molecule has 0 fully saturated rings. The molecular weight excluding hydrogens is 571 g/mol. The number of carboxylic acids is 1. The fourth-order valence-electron chi connectivity index (χ4n) is 5.28. The first-order valence-electron chi connectivity index (χ1n) is 16.0. The molecule has 1 unspecified atom stereocenters. The largest absolute Gasteiger partial charge is 0.548 e. The van der Waals surface area contributed by atoms with E-state index in [1.165, 1.54) is 73.4 Å². The van der Waals surface area contributed by atoms with Gasteiger partial charge in [-0.25, -0.2) is 4.21 Å². The molecule has 2 atom stereocenters. The number of carboxylic acid groups (broad SMARTS) is 1. The quantitative estimate of drug-likeness (QED) is 0.119. The molecule has 7 heteroatoms. The van der Waals surface area contributed by atoms with E-state index in [0.29, 0.717) is 5.75 Å². The highest BCUT2D eigenvalue weighted by atomic mass is 32.2. The number of unbranched alkanes of at least 4 members (excludes halogenated alkanes) is 8. The number of rotatable bonds is 19. The SMILES string of the molecule is CCCCCCCCCC[P+](c1ccccc1)(c1ccccc1)c1ccccc1.CCCCS(=N)(=O)CC[C@H](N)C(=O)[O-]. The third kappa shape index (κ3) is 12.9. The minimum absolute atomic E-state index is 0.0438. The number of nitrogens with two attached hydrogens (primary N) is 1. The monoisotopic (exact) mass is 624 g/mol. The van der Waals surface area contributed by atoms with Crippen LogP contribution in [0.5, 0.6) is 0 Å². The Morgan fingerprint density at radius 3 is 1.49 bits per heavy atom. The van der Waals surface area contributed by atoms with Crippen molar-refractivity contribution in [2.75, 3.05) is 17.7 Å². The van der Waals surface area contributed by atoms with Crippen molar-refractivity contribution < 1.29 is 14.1 Å². The number of aliphatic carboxylic acids is 1. The van der Waals surface area contributed by atoms with Crippen LogP contribution in [0.1, 0.15) is 84.5 Å². The number of nitrogens with one attached hydrogen (secondary N) is 1. The Kier molecular flexibility index (Phi) is 17.4. The maximum Gasteiger partial charge on any atom is 0.112 e. The minimum atomic E-state index is -2.64. The predicted molar refractivity (Wildman–Crippen MR) is 186 cm³/mol. The van der Waals surface area contributed by atoms with E-state index in [4.69, 9.17) is 10.5 Å². The van der Waals surface area contributed by atoms with Gasteiger partial charge in [-0.05, 0) is 62.1 Å². The molecule has 0 aliphatic heterocycles. The van der Waals surface area contributed by atoms with E-state index < -0.39 is 29.0 Å². The van der Waals surface area contributed by atoms with Gasteiger partial charge in [0.2, 0.25) is 0 Å². The van der Waals surface area contributed by atoms with Gasteiger partial charge in [-0.3, -0.25) is 4.78 Å². The Balaban J connectivity index is 0.000000391. The second-order valence-corrected chi connectivity index (χ2v) is 17.4. The summed E-state index contributed by atoms with van der Waals surface area (Å²) < 4.78 is 18.9. The van der Waals surface area contributed by atoms with Crippen LogP contribution in [0.4, 0.5) is 0 Å². The molecule has 0 amide bonds. The molecule has 3 rings (SSSR count). The summed E-state index contributed by atoms with van der Waals surface area (Å²) in [5.41, 5.74) is 5.18. The highest BCUT2D eigenvalue weighted by Crippen LogP contribution is 2.56. The Labute approximate surface area is 262 Å². The van der Waals surface area contributed by atoms with Crippen molar-refractivity contribution in [1.29, 1.82) is 4.78 Å². The summed E-state index contributed by atoms with van der Waals surface area (Å²) >= 11 is 0. The lowest BCUT2D eigenvalue weighted by molar-refractivity contribution is -0.307. The van der Waals surface area contributed by atoms with Gasteiger partial charge in [0, 0.05) is 27.3 Å². The topological polar surface area (TPSA) is 107 Å². The van der Waals surface area contributed by atoms with E-state index in [2.05, 4.69) is 97.9 Å². The summed E-state index contributed by atoms with van der Waals surface area (Å²) in [6.45, 7) is 4.24. The van der Waals surface area contributed by atoms with Gasteiger partial charge in [0.1, 0.15) is 23.2 Å². The first kappa shape index (κ1) is 36.7. The summed E-state index contributed by atoms with van der Waals surface area (Å²) in [5.74, 6) is -0.985. The fraction of sp³-hybridized carbons (Fsp3) is 0.472. The average molecular weight is 625 g/mol. The summed E-state index contributed by atoms with van der Waals surface area (Å²) in [4.78, 5) is 10.2. The van der Waals surface area contributed by atoms with Gasteiger partial charge in [0.05, 0.1) is 12.1 Å². The third-order valence-corrected chi connectivity index (χ3v) is 14.2. The zero-order valence-corrected chi connectivity index (χ0v) is 28.0. The molecular formula is C36H53N2O3PS. The molecule has 3 aromatic rings. The van der Waals surface area contributed by atoms with Gasteiger partial charge in [0.25, 0.3) is 0 Å². The van der Waals surface area contributed by atoms with Gasteiger partial charge < -0.3 is 15.6 Å². The molecule has 0 heterocycles. The lowest BCUT2D eigenvalue weighted by atomic mass is 10.1. The normalized spacial score (nSPS) is 13.4. The van der Waals surface area contributed by atoms with Crippen molar-refractivity contribution in [2.24, 2.45) is 5.73 Å². The smallest absolute Gasteiger partial charge is 0.112 e. The second kappa shape index (κ2) is 20.4. The van der Waals surface area contributed by atoms with Crippen molar-refractivity contribution in [3.05, 3.63) is 91.0 Å². The van der Waals surface area contributed by atoms with Crippen LogP contribution < -0.4 is 26.8 Å². The maximum atomic E-state index is 11.5. The molecule has 0 saturated carbocycles. The zero-order valence-electron chi connectivity index (χ0n) is 26.3. The van der Waals surface area contributed by atoms with Gasteiger partial charge in [-0.15, -0.1) is 0 Å². The first-order chi connectivity index (χ1) is 20.8. The minimum Gasteiger partial charge on any atom is -0.548 e. The number of hydrogen-bond donors (Lipinski definition) is 2. The molecule has 3 aromatic carbocycles. The second-order valence-electron chi connectivity index (χ2n) is 11.3. The number of carbonyl (C=O) groups is 1. The number of benzene rings is 3. The lowest BCUT2D eigenvalue weighted by Gasteiger charge is -2.27. The van der Waals surface area contributed by atoms with Gasteiger partial charge in [-0.2, -0.15) is 0 Å². The summed E-state index contributed by atoms with van der Waals surface area (Å²) in [7, 11) is -4.26. The predicted octanol–water partition coefficient (Wildman–Crippen LogP) is 6.42. The highest BCUT2D eigenvalue weighted by molar-refractivity contribution is 7.95. The van der Waals surface area contributed by atoms with Gasteiger partial charge in [0.15, 0.2) is 0 Å². The molecule has 0 saturated heterocycles. The maximum absolute atomic E-state index is 11.5. The Morgan fingerprint density at radius 2 is 1.09 bits per heavy atom. The summed E-state index contributed by atoms with van der Waals surface area (Å²) in [6.07, 6.45) is 13.9. The van der Waals surface area contributed by atoms with Crippen LogP contribution in [-0.4, -0.2) is 33.9 Å². The van der Waals surface area contributed by atoms with Crippen LogP contribution in [-0.2, 0) is 14.5 Å². The van der Waals surface area contributed by atoms with Crippen molar-refractivity contribution >= 4 is 38.9 Å². The van der Waals surface area contributed by atoms with Crippen LogP contribution >= 0.6 is 7.26 Å². The van der Waals surface area contributed by atoms with Crippen LogP contribution in [0, 0.1) is 4.78 Å². The molecule has 3 N–H and O–H groups in total. The Morgan fingerprint density at radius 1 is 0.698 bits per heavy atom. The first-order valence-corrected chi connectivity index (χ1v) is 19.9. The zero-order chi connectivity index (χ0) is 31.4. The van der Waals surface area contributed by atoms with Crippen LogP contribution in [0.15, 0.2) is 91.0 Å². The molecule has 0 aromatic heterocycles. The van der Waals surface area contributed by atoms with Crippen LogP contribution in [0.2, 0.25) is 0 Å². The highest BCUT2D eigenvalue weighted by Gasteiger charge is 2.44. The summed E-state index contributed by atoms with van der Waals surface area (Å²) in [6, 6.07) is 32.8. The van der Waals surface area contributed by atoms with Crippen molar-refractivity contribution in [2.45, 2.75) is 90.5 Å². The van der Waals surface area contributed by atoms with E-state index in [0.717, 1.165) is 12.8 Å². The Hall–Kier alpha value is -2.53. The lowest BCUT2D eigenvalue weighted by Crippen LogP contribution is -2.42. The van der Waals surface area contributed by atoms with Crippen LogP contribution in [0.3, 0.4) is 0 Å². The van der Waals surface area contributed by atoms with E-state index >= 15 is 0 Å². The molecule has 236 valence electrons.